The van der Waals surface area contributed by atoms with E-state index in [4.69, 9.17) is 4.74 Å². The van der Waals surface area contributed by atoms with Gasteiger partial charge in [0.2, 0.25) is 11.8 Å². The zero-order valence-corrected chi connectivity index (χ0v) is 15.4. The van der Waals surface area contributed by atoms with Gasteiger partial charge in [-0.3, -0.25) is 4.79 Å². The Morgan fingerprint density at radius 2 is 2.04 bits per heavy atom. The molecule has 6 nitrogen and oxygen atoms in total. The van der Waals surface area contributed by atoms with Crippen LogP contribution in [-0.2, 0) is 11.3 Å². The highest BCUT2D eigenvalue weighted by Crippen LogP contribution is 2.20. The Balaban J connectivity index is 0.00000169. The monoisotopic (exact) mass is 403 g/mol. The third-order valence-electron chi connectivity index (χ3n) is 3.73. The van der Waals surface area contributed by atoms with Gasteiger partial charge in [0.15, 0.2) is 0 Å². The van der Waals surface area contributed by atoms with Crippen molar-refractivity contribution in [2.75, 3.05) is 6.54 Å². The molecule has 0 aliphatic carbocycles. The average molecular weight is 404 g/mol. The van der Waals surface area contributed by atoms with E-state index in [2.05, 4.69) is 15.6 Å². The number of β-amino-alcohol motifs (C(OH)–C–C–N with tert-alkyl or cyclic N) is 1. The molecule has 3 N–H and O–H groups in total. The molecule has 2 heterocycles. The van der Waals surface area contributed by atoms with Gasteiger partial charge in [0.25, 0.3) is 0 Å². The van der Waals surface area contributed by atoms with Crippen LogP contribution in [0.4, 0.5) is 4.39 Å². The summed E-state index contributed by atoms with van der Waals surface area (Å²) in [6.45, 7) is 0.762. The molecule has 1 aromatic heterocycles. The minimum absolute atomic E-state index is 0. The van der Waals surface area contributed by atoms with Gasteiger partial charge >= 0.3 is 0 Å². The van der Waals surface area contributed by atoms with E-state index < -0.39 is 6.10 Å². The van der Waals surface area contributed by atoms with Gasteiger partial charge in [-0.05, 0) is 42.3 Å². The average Bonchev–Trinajstić information content (AvgIpc) is 3.02. The van der Waals surface area contributed by atoms with Gasteiger partial charge in [0, 0.05) is 25.4 Å². The molecule has 1 amide bonds. The van der Waals surface area contributed by atoms with Crippen molar-refractivity contribution in [1.82, 2.24) is 15.6 Å². The fourth-order valence-corrected chi connectivity index (χ4v) is 2.47. The lowest BCUT2D eigenvalue weighted by Gasteiger charge is -2.11. The van der Waals surface area contributed by atoms with Crippen molar-refractivity contribution >= 4 is 30.7 Å². The number of hydrogen-bond acceptors (Lipinski definition) is 5. The van der Waals surface area contributed by atoms with Crippen molar-refractivity contribution in [2.24, 2.45) is 0 Å². The molecule has 9 heteroatoms. The number of nitrogens with one attached hydrogen (secondary N) is 2. The molecule has 2 unspecified atom stereocenters. The smallest absolute Gasteiger partial charge is 0.237 e. The zero-order chi connectivity index (χ0) is 16.9. The molecular weight excluding hydrogens is 384 g/mol. The summed E-state index contributed by atoms with van der Waals surface area (Å²) in [7, 11) is 0. The van der Waals surface area contributed by atoms with Gasteiger partial charge in [0.1, 0.15) is 11.6 Å². The van der Waals surface area contributed by atoms with Crippen LogP contribution in [0.2, 0.25) is 0 Å². The lowest BCUT2D eigenvalue weighted by molar-refractivity contribution is -0.123. The Labute approximate surface area is 163 Å². The number of amides is 1. The third kappa shape index (κ3) is 6.10. The van der Waals surface area contributed by atoms with Crippen LogP contribution < -0.4 is 15.4 Å². The number of aromatic nitrogens is 1. The van der Waals surface area contributed by atoms with E-state index in [-0.39, 0.29) is 42.6 Å². The molecule has 1 aliphatic heterocycles. The quantitative estimate of drug-likeness (QED) is 0.712. The number of carbonyl (C=O) groups is 1. The van der Waals surface area contributed by atoms with Crippen molar-refractivity contribution in [2.45, 2.75) is 25.1 Å². The highest BCUT2D eigenvalue weighted by Gasteiger charge is 2.27. The highest BCUT2D eigenvalue weighted by molar-refractivity contribution is 5.85. The molecule has 142 valence electrons. The van der Waals surface area contributed by atoms with Crippen LogP contribution in [-0.4, -0.2) is 34.7 Å². The summed E-state index contributed by atoms with van der Waals surface area (Å²) in [6.07, 6.45) is 1.52. The van der Waals surface area contributed by atoms with Crippen molar-refractivity contribution in [1.29, 1.82) is 0 Å². The molecule has 1 aromatic carbocycles. The summed E-state index contributed by atoms with van der Waals surface area (Å²) < 4.78 is 18.4. The van der Waals surface area contributed by atoms with Crippen molar-refractivity contribution < 1.29 is 19.0 Å². The van der Waals surface area contributed by atoms with E-state index >= 15 is 0 Å². The molecule has 0 saturated carbocycles. The fraction of sp³-hybridized carbons (Fsp3) is 0.294. The predicted molar refractivity (Wildman–Crippen MR) is 99.5 cm³/mol. The second kappa shape index (κ2) is 10.3. The first-order chi connectivity index (χ1) is 11.6. The highest BCUT2D eigenvalue weighted by atomic mass is 35.5. The fourth-order valence-electron chi connectivity index (χ4n) is 2.47. The summed E-state index contributed by atoms with van der Waals surface area (Å²) in [5.41, 5.74) is 0.828. The standard InChI is InChI=1S/C17H18FN3O3.2ClH/c18-12-1-3-14(4-2-12)24-16-7-11(5-6-19-16)9-21-17(23)15-8-13(22)10-20-15;;/h1-7,13,15,20,22H,8-10H2,(H,21,23);2*1H. The van der Waals surface area contributed by atoms with Crippen LogP contribution in [0.25, 0.3) is 0 Å². The van der Waals surface area contributed by atoms with E-state index in [1.165, 1.54) is 24.3 Å². The minimum Gasteiger partial charge on any atom is -0.439 e. The minimum atomic E-state index is -0.475. The number of hydrogen-bond donors (Lipinski definition) is 3. The van der Waals surface area contributed by atoms with Crippen molar-refractivity contribution in [3.05, 3.63) is 54.0 Å². The number of pyridine rings is 1. The Kier molecular flexibility index (Phi) is 8.74. The number of benzene rings is 1. The molecule has 1 fully saturated rings. The summed E-state index contributed by atoms with van der Waals surface area (Å²) in [5, 5.41) is 15.2. The summed E-state index contributed by atoms with van der Waals surface area (Å²) in [4.78, 5) is 16.1. The first-order valence-electron chi connectivity index (χ1n) is 7.67. The SMILES string of the molecule is Cl.Cl.O=C(NCc1ccnc(Oc2ccc(F)cc2)c1)C1CC(O)CN1. The molecule has 2 atom stereocenters. The molecule has 0 radical (unpaired) electrons. The number of rotatable bonds is 5. The summed E-state index contributed by atoms with van der Waals surface area (Å²) in [6, 6.07) is 8.77. The van der Waals surface area contributed by atoms with Crippen LogP contribution in [0.1, 0.15) is 12.0 Å². The molecule has 3 rings (SSSR count). The van der Waals surface area contributed by atoms with Gasteiger partial charge < -0.3 is 20.5 Å². The summed E-state index contributed by atoms with van der Waals surface area (Å²) in [5.74, 6) is 0.360. The number of halogens is 3. The number of carbonyl (C=O) groups excluding carboxylic acids is 1. The van der Waals surface area contributed by atoms with Crippen LogP contribution in [0.5, 0.6) is 11.6 Å². The Hall–Kier alpha value is -1.93. The lowest BCUT2D eigenvalue weighted by atomic mass is 10.2. The van der Waals surface area contributed by atoms with E-state index in [0.717, 1.165) is 5.56 Å². The Morgan fingerprint density at radius 1 is 1.31 bits per heavy atom. The normalized spacial score (nSPS) is 18.4. The van der Waals surface area contributed by atoms with Gasteiger partial charge in [-0.15, -0.1) is 24.8 Å². The number of nitrogens with zero attached hydrogens (tertiary/aromatic N) is 1. The lowest BCUT2D eigenvalue weighted by Crippen LogP contribution is -2.40. The molecule has 0 spiro atoms. The van der Waals surface area contributed by atoms with E-state index in [1.54, 1.807) is 18.3 Å². The van der Waals surface area contributed by atoms with Gasteiger partial charge in [-0.2, -0.15) is 0 Å². The second-order valence-corrected chi connectivity index (χ2v) is 5.63. The van der Waals surface area contributed by atoms with E-state index in [1.807, 2.05) is 0 Å². The van der Waals surface area contributed by atoms with Crippen LogP contribution in [0.3, 0.4) is 0 Å². The first kappa shape index (κ1) is 22.1. The molecule has 0 bridgehead atoms. The molecule has 1 aliphatic rings. The largest absolute Gasteiger partial charge is 0.439 e. The second-order valence-electron chi connectivity index (χ2n) is 5.63. The summed E-state index contributed by atoms with van der Waals surface area (Å²) >= 11 is 0. The van der Waals surface area contributed by atoms with E-state index in [9.17, 15) is 14.3 Å². The number of aliphatic hydroxyl groups is 1. The Bertz CT molecular complexity index is 719. The van der Waals surface area contributed by atoms with Gasteiger partial charge in [-0.1, -0.05) is 0 Å². The maximum atomic E-state index is 12.9. The topological polar surface area (TPSA) is 83.5 Å². The predicted octanol–water partition coefficient (Wildman–Crippen LogP) is 2.20. The first-order valence-corrected chi connectivity index (χ1v) is 7.67. The number of aliphatic hydroxyl groups excluding tert-OH is 1. The van der Waals surface area contributed by atoms with Gasteiger partial charge in [0.05, 0.1) is 12.1 Å². The maximum absolute atomic E-state index is 12.9. The molecule has 26 heavy (non-hydrogen) atoms. The molecule has 2 aromatic rings. The van der Waals surface area contributed by atoms with E-state index in [0.29, 0.717) is 31.1 Å². The zero-order valence-electron chi connectivity index (χ0n) is 13.7. The van der Waals surface area contributed by atoms with Gasteiger partial charge in [-0.25, -0.2) is 9.37 Å². The molecular formula is C17H20Cl2FN3O3. The van der Waals surface area contributed by atoms with Crippen LogP contribution >= 0.6 is 24.8 Å². The van der Waals surface area contributed by atoms with Crippen LogP contribution in [0, 0.1) is 5.82 Å². The van der Waals surface area contributed by atoms with Crippen molar-refractivity contribution in [3.8, 4) is 11.6 Å². The maximum Gasteiger partial charge on any atom is 0.237 e. The number of ether oxygens (including phenoxy) is 1. The Morgan fingerprint density at radius 3 is 2.69 bits per heavy atom. The van der Waals surface area contributed by atoms with Crippen LogP contribution in [0.15, 0.2) is 42.6 Å². The molecule has 1 saturated heterocycles. The van der Waals surface area contributed by atoms with Crippen molar-refractivity contribution in [3.63, 3.8) is 0 Å². The third-order valence-corrected chi connectivity index (χ3v) is 3.73.